The van der Waals surface area contributed by atoms with Crippen LogP contribution in [0.25, 0.3) is 0 Å². The van der Waals surface area contributed by atoms with Crippen LogP contribution in [-0.4, -0.2) is 23.1 Å². The number of aromatic nitrogens is 2. The van der Waals surface area contributed by atoms with Gasteiger partial charge in [-0.05, 0) is 31.4 Å². The van der Waals surface area contributed by atoms with E-state index in [1.165, 1.54) is 17.7 Å². The van der Waals surface area contributed by atoms with Crippen LogP contribution in [0.15, 0.2) is 17.8 Å². The van der Waals surface area contributed by atoms with Gasteiger partial charge >= 0.3 is 0 Å². The molecule has 0 saturated heterocycles. The van der Waals surface area contributed by atoms with Gasteiger partial charge in [0.1, 0.15) is 5.82 Å². The molecule has 1 N–H and O–H groups in total. The van der Waals surface area contributed by atoms with Gasteiger partial charge in [0.2, 0.25) is 0 Å². The molecule has 0 amide bonds. The van der Waals surface area contributed by atoms with Gasteiger partial charge < -0.3 is 10.2 Å². The molecule has 2 heterocycles. The van der Waals surface area contributed by atoms with Crippen molar-refractivity contribution < 1.29 is 0 Å². The lowest BCUT2D eigenvalue weighted by Crippen LogP contribution is -2.19. The molecule has 1 saturated carbocycles. The monoisotopic (exact) mass is 322 g/mol. The van der Waals surface area contributed by atoms with Gasteiger partial charge in [0.25, 0.3) is 0 Å². The van der Waals surface area contributed by atoms with Gasteiger partial charge in [-0.3, -0.25) is 0 Å². The largest absolute Gasteiger partial charge is 0.353 e. The molecule has 112 valence electrons. The van der Waals surface area contributed by atoms with Crippen LogP contribution in [-0.2, 0) is 13.1 Å². The Morgan fingerprint density at radius 1 is 1.43 bits per heavy atom. The number of thiazole rings is 1. The fourth-order valence-corrected chi connectivity index (χ4v) is 3.33. The molecule has 1 aliphatic carbocycles. The Kier molecular flexibility index (Phi) is 4.42. The van der Waals surface area contributed by atoms with Crippen molar-refractivity contribution in [2.75, 3.05) is 11.9 Å². The minimum atomic E-state index is 0.695. The third-order valence-corrected chi connectivity index (χ3v) is 4.84. The van der Waals surface area contributed by atoms with Crippen LogP contribution < -0.4 is 10.2 Å². The maximum atomic E-state index is 6.39. The predicted molar refractivity (Wildman–Crippen MR) is 88.1 cm³/mol. The molecular weight excluding hydrogens is 304 g/mol. The highest BCUT2D eigenvalue weighted by molar-refractivity contribution is 7.09. The first-order valence-corrected chi connectivity index (χ1v) is 8.37. The number of nitrogens with zero attached hydrogens (tertiary/aromatic N) is 3. The first kappa shape index (κ1) is 14.8. The fraction of sp³-hybridized carbons (Fsp3) is 0.467. The number of rotatable bonds is 6. The lowest BCUT2D eigenvalue weighted by atomic mass is 10.2. The van der Waals surface area contributed by atoms with E-state index in [9.17, 15) is 0 Å². The maximum absolute atomic E-state index is 6.39. The third kappa shape index (κ3) is 3.73. The summed E-state index contributed by atoms with van der Waals surface area (Å²) in [4.78, 5) is 12.1. The second kappa shape index (κ2) is 6.30. The van der Waals surface area contributed by atoms with E-state index in [1.54, 1.807) is 11.3 Å². The Bertz CT molecular complexity index is 624. The van der Waals surface area contributed by atoms with Gasteiger partial charge in [0.05, 0.1) is 22.8 Å². The van der Waals surface area contributed by atoms with E-state index in [2.05, 4.69) is 20.2 Å². The van der Waals surface area contributed by atoms with Crippen molar-refractivity contribution in [1.29, 1.82) is 0 Å². The zero-order valence-corrected chi connectivity index (χ0v) is 13.8. The summed E-state index contributed by atoms with van der Waals surface area (Å²) in [6.45, 7) is 3.65. The van der Waals surface area contributed by atoms with Crippen LogP contribution in [0.4, 0.5) is 5.82 Å². The molecule has 3 rings (SSSR count). The normalized spacial score (nSPS) is 14.4. The summed E-state index contributed by atoms with van der Waals surface area (Å²) in [5, 5.41) is 4.18. The second-order valence-electron chi connectivity index (χ2n) is 5.52. The molecule has 1 fully saturated rings. The molecule has 4 nitrogen and oxygen atoms in total. The summed E-state index contributed by atoms with van der Waals surface area (Å²) in [6, 6.07) is 2.70. The van der Waals surface area contributed by atoms with E-state index < -0.39 is 0 Å². The van der Waals surface area contributed by atoms with Crippen molar-refractivity contribution in [1.82, 2.24) is 15.3 Å². The van der Waals surface area contributed by atoms with Gasteiger partial charge in [0.15, 0.2) is 0 Å². The van der Waals surface area contributed by atoms with Crippen molar-refractivity contribution in [3.63, 3.8) is 0 Å². The predicted octanol–water partition coefficient (Wildman–Crippen LogP) is 3.39. The van der Waals surface area contributed by atoms with E-state index in [-0.39, 0.29) is 0 Å². The van der Waals surface area contributed by atoms with Crippen molar-refractivity contribution in [2.24, 2.45) is 0 Å². The zero-order valence-electron chi connectivity index (χ0n) is 12.3. The molecule has 0 atom stereocenters. The van der Waals surface area contributed by atoms with Gasteiger partial charge in [-0.15, -0.1) is 11.3 Å². The molecule has 2 aromatic rings. The number of aryl methyl sites for hydroxylation is 1. The van der Waals surface area contributed by atoms with Crippen LogP contribution in [0.5, 0.6) is 0 Å². The average molecular weight is 323 g/mol. The smallest absolute Gasteiger partial charge is 0.147 e. The lowest BCUT2D eigenvalue weighted by molar-refractivity contribution is 0.685. The quantitative estimate of drug-likeness (QED) is 0.885. The number of halogens is 1. The van der Waals surface area contributed by atoms with Crippen LogP contribution in [0, 0.1) is 6.92 Å². The minimum absolute atomic E-state index is 0.695. The highest BCUT2D eigenvalue weighted by Crippen LogP contribution is 2.26. The molecule has 0 aliphatic heterocycles. The van der Waals surface area contributed by atoms with Gasteiger partial charge in [-0.25, -0.2) is 9.97 Å². The first-order chi connectivity index (χ1) is 10.1. The van der Waals surface area contributed by atoms with Gasteiger partial charge in [0, 0.05) is 30.7 Å². The molecule has 6 heteroatoms. The summed E-state index contributed by atoms with van der Waals surface area (Å²) in [5.41, 5.74) is 4.09. The van der Waals surface area contributed by atoms with E-state index in [4.69, 9.17) is 11.6 Å². The second-order valence-corrected chi connectivity index (χ2v) is 6.87. The number of anilines is 1. The molecular formula is C15H19ClN4S. The van der Waals surface area contributed by atoms with E-state index in [0.717, 1.165) is 30.2 Å². The average Bonchev–Trinajstić information content (AvgIpc) is 3.20. The number of pyridine rings is 1. The Morgan fingerprint density at radius 3 is 2.86 bits per heavy atom. The minimum Gasteiger partial charge on any atom is -0.353 e. The van der Waals surface area contributed by atoms with Crippen molar-refractivity contribution in [3.8, 4) is 0 Å². The Morgan fingerprint density at radius 2 is 2.24 bits per heavy atom. The van der Waals surface area contributed by atoms with Crippen LogP contribution >= 0.6 is 22.9 Å². The summed E-state index contributed by atoms with van der Waals surface area (Å²) < 4.78 is 0. The Hall–Kier alpha value is -1.17. The van der Waals surface area contributed by atoms with Crippen molar-refractivity contribution in [3.05, 3.63) is 38.9 Å². The van der Waals surface area contributed by atoms with Crippen LogP contribution in [0.3, 0.4) is 0 Å². The third-order valence-electron chi connectivity index (χ3n) is 3.64. The highest BCUT2D eigenvalue weighted by atomic mass is 35.5. The lowest BCUT2D eigenvalue weighted by Gasteiger charge is -2.19. The molecule has 0 unspecified atom stereocenters. The Balaban J connectivity index is 1.67. The van der Waals surface area contributed by atoms with E-state index in [0.29, 0.717) is 11.1 Å². The maximum Gasteiger partial charge on any atom is 0.147 e. The van der Waals surface area contributed by atoms with E-state index in [1.807, 2.05) is 31.7 Å². The number of hydrogen-bond donors (Lipinski definition) is 1. The molecule has 21 heavy (non-hydrogen) atoms. The SMILES string of the molecule is Cc1ncsc1CN(C)c1ncc(CNC2CC2)cc1Cl. The van der Waals surface area contributed by atoms with Crippen molar-refractivity contribution >= 4 is 28.8 Å². The zero-order chi connectivity index (χ0) is 14.8. The molecule has 0 aromatic carbocycles. The van der Waals surface area contributed by atoms with Gasteiger partial charge in [-0.2, -0.15) is 0 Å². The van der Waals surface area contributed by atoms with Gasteiger partial charge in [-0.1, -0.05) is 11.6 Å². The standard InChI is InChI=1S/C15H19ClN4S/c1-10-14(21-9-19-10)8-20(2)15-13(16)5-11(7-18-15)6-17-12-3-4-12/h5,7,9,12,17H,3-4,6,8H2,1-2H3. The Labute approximate surface area is 134 Å². The molecule has 0 bridgehead atoms. The summed E-state index contributed by atoms with van der Waals surface area (Å²) >= 11 is 8.06. The molecule has 0 spiro atoms. The number of nitrogens with one attached hydrogen (secondary N) is 1. The topological polar surface area (TPSA) is 41.1 Å². The number of hydrogen-bond acceptors (Lipinski definition) is 5. The summed E-state index contributed by atoms with van der Waals surface area (Å²) in [7, 11) is 2.01. The highest BCUT2D eigenvalue weighted by Gasteiger charge is 2.20. The van der Waals surface area contributed by atoms with Crippen molar-refractivity contribution in [2.45, 2.75) is 38.9 Å². The molecule has 2 aromatic heterocycles. The van der Waals surface area contributed by atoms with Crippen LogP contribution in [0.1, 0.15) is 29.0 Å². The van der Waals surface area contributed by atoms with E-state index >= 15 is 0 Å². The first-order valence-electron chi connectivity index (χ1n) is 7.11. The summed E-state index contributed by atoms with van der Waals surface area (Å²) in [6.07, 6.45) is 4.49. The van der Waals surface area contributed by atoms with Crippen LogP contribution in [0.2, 0.25) is 5.02 Å². The molecule has 1 aliphatic rings. The summed E-state index contributed by atoms with van der Waals surface area (Å²) in [5.74, 6) is 0.819. The molecule has 0 radical (unpaired) electrons. The fourth-order valence-electron chi connectivity index (χ4n) is 2.17.